The summed E-state index contributed by atoms with van der Waals surface area (Å²) in [7, 11) is 0.787. The van der Waals surface area contributed by atoms with Crippen LogP contribution in [0.2, 0.25) is 0 Å². The van der Waals surface area contributed by atoms with Gasteiger partial charge in [0.1, 0.15) is 11.0 Å². The van der Waals surface area contributed by atoms with Crippen LogP contribution in [0.25, 0.3) is 0 Å². The number of aromatic nitrogens is 2. The number of anilines is 2. The standard InChI is InChI=1S/C24H32F3N7O2S/c1-30-15-19-5-6-20(16-30)34(19)21-13-18(24(25,26)27)4-3-17(21)14-31-9-11-32(12-10-31)23(35)33-8-7-22(28-33)29-37(2)36/h3-4,7-8,13,19-20H,5-6,9-12,14-16H2,1-2H3,(H,28,29). The minimum atomic E-state index is -4.39. The number of benzene rings is 1. The second-order valence-electron chi connectivity index (χ2n) is 10.1. The fraction of sp³-hybridized carbons (Fsp3) is 0.583. The Morgan fingerprint density at radius 1 is 1.11 bits per heavy atom. The zero-order valence-corrected chi connectivity index (χ0v) is 21.8. The van der Waals surface area contributed by atoms with Gasteiger partial charge in [0.15, 0.2) is 5.82 Å². The smallest absolute Gasteiger partial charge is 0.363 e. The van der Waals surface area contributed by atoms with Gasteiger partial charge in [-0.3, -0.25) is 9.62 Å². The van der Waals surface area contributed by atoms with E-state index in [-0.39, 0.29) is 18.1 Å². The fourth-order valence-corrected chi connectivity index (χ4v) is 6.14. The summed E-state index contributed by atoms with van der Waals surface area (Å²) >= 11 is 0. The van der Waals surface area contributed by atoms with Crippen molar-refractivity contribution in [3.8, 4) is 0 Å². The molecule has 2 bridgehead atoms. The van der Waals surface area contributed by atoms with E-state index < -0.39 is 22.7 Å². The van der Waals surface area contributed by atoms with Gasteiger partial charge >= 0.3 is 12.2 Å². The topological polar surface area (TPSA) is 77.0 Å². The summed E-state index contributed by atoms with van der Waals surface area (Å²) in [4.78, 5) is 21.2. The lowest BCUT2D eigenvalue weighted by atomic mass is 10.0. The van der Waals surface area contributed by atoms with E-state index in [9.17, 15) is 22.2 Å². The number of carbonyl (C=O) groups is 1. The number of alkyl halides is 3. The average molecular weight is 540 g/mol. The van der Waals surface area contributed by atoms with Crippen LogP contribution in [-0.4, -0.2) is 99.4 Å². The van der Waals surface area contributed by atoms with Crippen molar-refractivity contribution in [1.82, 2.24) is 24.5 Å². The molecular weight excluding hydrogens is 507 g/mol. The fourth-order valence-electron chi connectivity index (χ4n) is 5.74. The largest absolute Gasteiger partial charge is 0.416 e. The van der Waals surface area contributed by atoms with E-state index >= 15 is 0 Å². The van der Waals surface area contributed by atoms with Gasteiger partial charge in [0.25, 0.3) is 0 Å². The number of piperazine rings is 2. The normalized spacial score (nSPS) is 23.9. The molecule has 3 saturated heterocycles. The molecular formula is C24H32F3N7O2S. The molecule has 0 radical (unpaired) electrons. The number of hydrogen-bond donors (Lipinski definition) is 1. The van der Waals surface area contributed by atoms with Gasteiger partial charge in [0, 0.05) is 82.1 Å². The van der Waals surface area contributed by atoms with Gasteiger partial charge in [-0.15, -0.1) is 5.10 Å². The van der Waals surface area contributed by atoms with Gasteiger partial charge in [0.05, 0.1) is 5.56 Å². The van der Waals surface area contributed by atoms with E-state index in [0.717, 1.165) is 31.5 Å². The molecule has 2 aromatic rings. The molecule has 0 saturated carbocycles. The van der Waals surface area contributed by atoms with E-state index in [1.807, 2.05) is 0 Å². The minimum absolute atomic E-state index is 0.221. The predicted octanol–water partition coefficient (Wildman–Crippen LogP) is 2.68. The van der Waals surface area contributed by atoms with Crippen molar-refractivity contribution in [2.24, 2.45) is 0 Å². The molecule has 1 amide bonds. The van der Waals surface area contributed by atoms with Gasteiger partial charge in [-0.25, -0.2) is 9.00 Å². The highest BCUT2D eigenvalue weighted by Crippen LogP contribution is 2.40. The number of nitrogens with zero attached hydrogens (tertiary/aromatic N) is 6. The summed E-state index contributed by atoms with van der Waals surface area (Å²) in [6.45, 7) is 4.41. The van der Waals surface area contributed by atoms with E-state index in [0.29, 0.717) is 44.2 Å². The summed E-state index contributed by atoms with van der Waals surface area (Å²) in [6.07, 6.45) is 0.604. The van der Waals surface area contributed by atoms with Crippen molar-refractivity contribution in [3.63, 3.8) is 0 Å². The van der Waals surface area contributed by atoms with Crippen LogP contribution in [0.4, 0.5) is 29.5 Å². The Balaban J connectivity index is 1.28. The molecule has 3 aliphatic heterocycles. The van der Waals surface area contributed by atoms with Crippen LogP contribution in [0.1, 0.15) is 24.0 Å². The first-order chi connectivity index (χ1) is 17.6. The third kappa shape index (κ3) is 5.63. The number of nitrogens with one attached hydrogen (secondary N) is 1. The summed E-state index contributed by atoms with van der Waals surface area (Å²) in [6, 6.07) is 5.91. The predicted molar refractivity (Wildman–Crippen MR) is 136 cm³/mol. The number of hydrogen-bond acceptors (Lipinski definition) is 6. The molecule has 0 aliphatic carbocycles. The second kappa shape index (κ2) is 10.3. The van der Waals surface area contributed by atoms with Crippen molar-refractivity contribution in [2.45, 2.75) is 37.6 Å². The number of fused-ring (bicyclic) bond motifs is 2. The van der Waals surface area contributed by atoms with E-state index in [2.05, 4.69) is 31.6 Å². The lowest BCUT2D eigenvalue weighted by Crippen LogP contribution is -2.53. The molecule has 1 N–H and O–H groups in total. The molecule has 13 heteroatoms. The average Bonchev–Trinajstić information content (AvgIpc) is 3.40. The molecule has 0 spiro atoms. The highest BCUT2D eigenvalue weighted by Gasteiger charge is 2.41. The Kier molecular flexibility index (Phi) is 7.20. The van der Waals surface area contributed by atoms with Crippen molar-refractivity contribution in [1.29, 1.82) is 0 Å². The quantitative estimate of drug-likeness (QED) is 0.630. The molecule has 4 heterocycles. The number of likely N-dealkylation sites (N-methyl/N-ethyl adjacent to an activating group) is 1. The number of halogens is 3. The third-order valence-corrected chi connectivity index (χ3v) is 7.92. The lowest BCUT2D eigenvalue weighted by Gasteiger charge is -2.43. The van der Waals surface area contributed by atoms with Crippen LogP contribution in [0.3, 0.4) is 0 Å². The SMILES string of the molecule is CN1CC2CCC(C1)N2c1cc(C(F)(F)F)ccc1CN1CCN(C(=O)n2ccc(NS(C)=O)n2)CC1. The molecule has 1 aromatic heterocycles. The zero-order valence-electron chi connectivity index (χ0n) is 20.9. The van der Waals surface area contributed by atoms with E-state index in [4.69, 9.17) is 0 Å². The highest BCUT2D eigenvalue weighted by atomic mass is 32.2. The van der Waals surface area contributed by atoms with Crippen LogP contribution in [0.5, 0.6) is 0 Å². The first-order valence-electron chi connectivity index (χ1n) is 12.4. The lowest BCUT2D eigenvalue weighted by molar-refractivity contribution is -0.137. The first-order valence-corrected chi connectivity index (χ1v) is 14.0. The van der Waals surface area contributed by atoms with E-state index in [1.165, 1.54) is 29.3 Å². The maximum Gasteiger partial charge on any atom is 0.416 e. The van der Waals surface area contributed by atoms with Crippen LogP contribution < -0.4 is 9.62 Å². The van der Waals surface area contributed by atoms with Crippen molar-refractivity contribution >= 4 is 28.5 Å². The first kappa shape index (κ1) is 26.0. The Morgan fingerprint density at radius 3 is 2.41 bits per heavy atom. The maximum absolute atomic E-state index is 13.6. The third-order valence-electron chi connectivity index (χ3n) is 7.43. The molecule has 9 nitrogen and oxygen atoms in total. The molecule has 37 heavy (non-hydrogen) atoms. The van der Waals surface area contributed by atoms with Gasteiger partial charge in [0.2, 0.25) is 0 Å². The van der Waals surface area contributed by atoms with Gasteiger partial charge in [-0.1, -0.05) is 6.07 Å². The van der Waals surface area contributed by atoms with Crippen LogP contribution in [0, 0.1) is 0 Å². The maximum atomic E-state index is 13.6. The number of likely N-dealkylation sites (tertiary alicyclic amines) is 1. The van der Waals surface area contributed by atoms with Gasteiger partial charge in [-0.2, -0.15) is 17.9 Å². The summed E-state index contributed by atoms with van der Waals surface area (Å²) in [5.41, 5.74) is 0.975. The number of rotatable bonds is 5. The van der Waals surface area contributed by atoms with Gasteiger partial charge in [-0.05, 0) is 37.6 Å². The van der Waals surface area contributed by atoms with Crippen LogP contribution in [0.15, 0.2) is 30.5 Å². The zero-order chi connectivity index (χ0) is 26.3. The van der Waals surface area contributed by atoms with Gasteiger partial charge < -0.3 is 14.7 Å². The Labute approximate surface area is 216 Å². The molecule has 1 aromatic carbocycles. The molecule has 3 fully saturated rings. The molecule has 202 valence electrons. The Bertz CT molecular complexity index is 1150. The number of carbonyl (C=O) groups excluding carboxylic acids is 1. The Hall–Kier alpha value is -2.64. The molecule has 3 atom stereocenters. The number of amides is 1. The molecule has 3 unspecified atom stereocenters. The van der Waals surface area contributed by atoms with E-state index in [1.54, 1.807) is 17.0 Å². The monoisotopic (exact) mass is 539 g/mol. The second-order valence-corrected chi connectivity index (χ2v) is 11.2. The molecule has 3 aliphatic rings. The minimum Gasteiger partial charge on any atom is -0.363 e. The van der Waals surface area contributed by atoms with Crippen molar-refractivity contribution in [3.05, 3.63) is 41.6 Å². The van der Waals surface area contributed by atoms with Crippen LogP contribution >= 0.6 is 0 Å². The highest BCUT2D eigenvalue weighted by molar-refractivity contribution is 7.85. The summed E-state index contributed by atoms with van der Waals surface area (Å²) in [5, 5.41) is 4.14. The van der Waals surface area contributed by atoms with Crippen molar-refractivity contribution < 1.29 is 22.2 Å². The summed E-state index contributed by atoms with van der Waals surface area (Å²) in [5.74, 6) is 0.362. The Morgan fingerprint density at radius 2 is 1.78 bits per heavy atom. The van der Waals surface area contributed by atoms with Crippen molar-refractivity contribution in [2.75, 3.05) is 62.2 Å². The van der Waals surface area contributed by atoms with Crippen LogP contribution in [-0.2, 0) is 23.7 Å². The molecule has 5 rings (SSSR count). The summed E-state index contributed by atoms with van der Waals surface area (Å²) < 4.78 is 56.1.